The van der Waals surface area contributed by atoms with Crippen molar-refractivity contribution >= 4 is 65.4 Å². The lowest BCUT2D eigenvalue weighted by Gasteiger charge is -2.18. The van der Waals surface area contributed by atoms with E-state index in [4.69, 9.17) is 21.2 Å². The Bertz CT molecular complexity index is 3440. The first-order chi connectivity index (χ1) is 28.2. The van der Waals surface area contributed by atoms with E-state index in [1.165, 1.54) is 0 Å². The smallest absolute Gasteiger partial charge is 0.136 e. The molecule has 2 heterocycles. The van der Waals surface area contributed by atoms with E-state index < -0.39 is 84.1 Å². The molecule has 0 N–H and O–H groups in total. The number of rotatable bonds is 3. The summed E-state index contributed by atoms with van der Waals surface area (Å²) in [6.07, 6.45) is 0. The van der Waals surface area contributed by atoms with E-state index in [1.54, 1.807) is 18.2 Å². The lowest BCUT2D eigenvalue weighted by atomic mass is 9.85. The van der Waals surface area contributed by atoms with Crippen molar-refractivity contribution < 1.29 is 26.7 Å². The Morgan fingerprint density at radius 2 is 0.891 bits per heavy atom. The van der Waals surface area contributed by atoms with Gasteiger partial charge in [-0.3, -0.25) is 0 Å². The Hall–Kier alpha value is -6.12. The molecule has 46 heavy (non-hydrogen) atoms. The summed E-state index contributed by atoms with van der Waals surface area (Å²) in [5.74, 6) is 0. The molecule has 0 aliphatic heterocycles. The average Bonchev–Trinajstić information content (AvgIpc) is 3.82. The van der Waals surface area contributed by atoms with Gasteiger partial charge in [0.2, 0.25) is 0 Å². The van der Waals surface area contributed by atoms with E-state index in [2.05, 4.69) is 0 Å². The summed E-state index contributed by atoms with van der Waals surface area (Å²) in [5, 5.41) is 2.87. The summed E-state index contributed by atoms with van der Waals surface area (Å²) in [6.45, 7) is 0. The van der Waals surface area contributed by atoms with Gasteiger partial charge in [-0.05, 0) is 91.3 Å². The lowest BCUT2D eigenvalue weighted by Crippen LogP contribution is -1.91. The molecule has 2 aromatic heterocycles. The van der Waals surface area contributed by atoms with Crippen LogP contribution in [0.2, 0.25) is 0 Å². The van der Waals surface area contributed by atoms with Crippen LogP contribution in [0.15, 0.2) is 166 Å². The zero-order valence-corrected chi connectivity index (χ0v) is 23.8. The maximum Gasteiger partial charge on any atom is 0.136 e. The van der Waals surface area contributed by atoms with Gasteiger partial charge in [-0.15, -0.1) is 0 Å². The summed E-state index contributed by atoms with van der Waals surface area (Å²) in [7, 11) is 0. The summed E-state index contributed by atoms with van der Waals surface area (Å²) < 4.78 is 127. The van der Waals surface area contributed by atoms with E-state index >= 15 is 0 Å². The van der Waals surface area contributed by atoms with Crippen molar-refractivity contribution in [3.05, 3.63) is 157 Å². The molecule has 0 bridgehead atoms. The highest BCUT2D eigenvalue weighted by molar-refractivity contribution is 6.26. The first-order valence-electron chi connectivity index (χ1n) is 21.1. The number of hydrogen-bond donors (Lipinski definition) is 0. The van der Waals surface area contributed by atoms with Gasteiger partial charge in [-0.2, -0.15) is 0 Å². The molecule has 0 saturated heterocycles. The van der Waals surface area contributed by atoms with Crippen molar-refractivity contribution in [1.82, 2.24) is 0 Å². The van der Waals surface area contributed by atoms with Gasteiger partial charge in [0.25, 0.3) is 0 Å². The van der Waals surface area contributed by atoms with Crippen LogP contribution in [0.3, 0.4) is 0 Å². The van der Waals surface area contributed by atoms with Crippen LogP contribution in [0.4, 0.5) is 0 Å². The van der Waals surface area contributed by atoms with E-state index in [0.717, 1.165) is 38.3 Å². The van der Waals surface area contributed by atoms with Crippen LogP contribution >= 0.6 is 0 Å². The number of fused-ring (bicyclic) bond motifs is 9. The Labute approximate surface area is 283 Å². The van der Waals surface area contributed by atoms with Crippen LogP contribution in [0.25, 0.3) is 98.8 Å². The summed E-state index contributed by atoms with van der Waals surface area (Å²) >= 11 is 0. The van der Waals surface area contributed by atoms with Crippen LogP contribution in [0.5, 0.6) is 0 Å². The molecule has 0 unspecified atom stereocenters. The highest BCUT2D eigenvalue weighted by atomic mass is 16.3. The topological polar surface area (TPSA) is 26.3 Å². The van der Waals surface area contributed by atoms with Crippen molar-refractivity contribution in [2.45, 2.75) is 0 Å². The summed E-state index contributed by atoms with van der Waals surface area (Å²) in [6, 6.07) is 15.9. The third-order valence-electron chi connectivity index (χ3n) is 8.59. The average molecular weight is 600 g/mol. The predicted octanol–water partition coefficient (Wildman–Crippen LogP) is 12.8. The van der Waals surface area contributed by atoms with Crippen LogP contribution in [-0.4, -0.2) is 0 Å². The standard InChI is InChI=1S/C44H26O2/c1-2-11-27(12-3-1)41-31-15-4-6-17-33(31)42(34-18-7-5-16-32(34)41)30-14-10-13-28(25-30)29-21-22-36-40(26-29)46-39-24-23-38-43(44(36)39)35-19-8-9-20-37(35)45-38/h1-26H/i1D,2D,3D,4D,5D,6D,7D,11D,12D,15D,16D,17D,18D. The van der Waals surface area contributed by atoms with Gasteiger partial charge in [0, 0.05) is 21.5 Å². The zero-order chi connectivity index (χ0) is 41.5. The number of benzene rings is 8. The molecule has 2 nitrogen and oxygen atoms in total. The van der Waals surface area contributed by atoms with E-state index in [9.17, 15) is 5.48 Å². The Kier molecular flexibility index (Phi) is 3.32. The molecule has 0 saturated carbocycles. The molecule has 0 radical (unpaired) electrons. The van der Waals surface area contributed by atoms with Crippen molar-refractivity contribution in [3.8, 4) is 33.4 Å². The van der Waals surface area contributed by atoms with Crippen molar-refractivity contribution in [1.29, 1.82) is 0 Å². The van der Waals surface area contributed by atoms with Gasteiger partial charge >= 0.3 is 0 Å². The molecular weight excluding hydrogens is 560 g/mol. The van der Waals surface area contributed by atoms with Crippen LogP contribution in [0.1, 0.15) is 17.8 Å². The quantitative estimate of drug-likeness (QED) is 0.189. The maximum absolute atomic E-state index is 9.25. The second-order valence-electron chi connectivity index (χ2n) is 11.1. The van der Waals surface area contributed by atoms with Crippen molar-refractivity contribution in [2.75, 3.05) is 0 Å². The van der Waals surface area contributed by atoms with E-state index in [0.29, 0.717) is 22.3 Å². The molecule has 10 aromatic rings. The fourth-order valence-electron chi connectivity index (χ4n) is 6.65. The first-order valence-corrected chi connectivity index (χ1v) is 14.6. The van der Waals surface area contributed by atoms with E-state index in [1.807, 2.05) is 60.7 Å². The highest BCUT2D eigenvalue weighted by Gasteiger charge is 2.18. The highest BCUT2D eigenvalue weighted by Crippen LogP contribution is 2.45. The molecule has 0 spiro atoms. The number of hydrogen-bond acceptors (Lipinski definition) is 2. The van der Waals surface area contributed by atoms with Crippen LogP contribution in [0, 0.1) is 0 Å². The fraction of sp³-hybridized carbons (Fsp3) is 0. The van der Waals surface area contributed by atoms with Crippen LogP contribution in [-0.2, 0) is 0 Å². The van der Waals surface area contributed by atoms with Gasteiger partial charge in [0.15, 0.2) is 0 Å². The molecule has 0 amide bonds. The summed E-state index contributed by atoms with van der Waals surface area (Å²) in [4.78, 5) is 0. The zero-order valence-electron chi connectivity index (χ0n) is 36.8. The Morgan fingerprint density at radius 1 is 0.348 bits per heavy atom. The molecule has 214 valence electrons. The molecule has 8 aromatic carbocycles. The van der Waals surface area contributed by atoms with Crippen molar-refractivity contribution in [2.24, 2.45) is 0 Å². The first kappa shape index (κ1) is 15.7. The molecule has 2 heteroatoms. The SMILES string of the molecule is [2H]c1c([2H])c([2H])c(-c2c3c([2H])c([2H])c([2H])c([2H])c3c(-c3cccc(-c4ccc5c(c4)oc4ccc6oc7ccccc7c6c45)c3)c3c([2H])c([2H])c([2H])c([2H])c23)c([2H])c1[2H]. The fourth-order valence-corrected chi connectivity index (χ4v) is 6.65. The molecule has 0 aliphatic carbocycles. The molecule has 0 aliphatic rings. The van der Waals surface area contributed by atoms with Gasteiger partial charge < -0.3 is 8.83 Å². The van der Waals surface area contributed by atoms with Gasteiger partial charge in [0.1, 0.15) is 22.3 Å². The lowest BCUT2D eigenvalue weighted by molar-refractivity contribution is 0.663. The van der Waals surface area contributed by atoms with Gasteiger partial charge in [-0.25, -0.2) is 0 Å². The minimum absolute atomic E-state index is 0.0611. The minimum Gasteiger partial charge on any atom is -0.456 e. The molecule has 0 fully saturated rings. The monoisotopic (exact) mass is 599 g/mol. The Morgan fingerprint density at radius 3 is 1.59 bits per heavy atom. The van der Waals surface area contributed by atoms with Crippen LogP contribution < -0.4 is 0 Å². The largest absolute Gasteiger partial charge is 0.456 e. The summed E-state index contributed by atoms with van der Waals surface area (Å²) in [5.41, 5.74) is 3.76. The van der Waals surface area contributed by atoms with Gasteiger partial charge in [-0.1, -0.05) is 121 Å². The second kappa shape index (κ2) is 9.69. The molecular formula is C44H26O2. The van der Waals surface area contributed by atoms with Gasteiger partial charge in [0.05, 0.1) is 17.8 Å². The maximum atomic E-state index is 9.25. The minimum atomic E-state index is -0.718. The van der Waals surface area contributed by atoms with Crippen molar-refractivity contribution in [3.63, 3.8) is 0 Å². The van der Waals surface area contributed by atoms with E-state index in [-0.39, 0.29) is 32.7 Å². The molecule has 0 atom stereocenters. The Balaban J connectivity index is 1.30. The normalized spacial score (nSPS) is 15.9. The number of furan rings is 2. The predicted molar refractivity (Wildman–Crippen MR) is 192 cm³/mol. The third kappa shape index (κ3) is 3.65. The second-order valence-corrected chi connectivity index (χ2v) is 11.1. The number of para-hydroxylation sites is 1. The third-order valence-corrected chi connectivity index (χ3v) is 8.59. The molecule has 10 rings (SSSR count).